The van der Waals surface area contributed by atoms with Gasteiger partial charge in [0.25, 0.3) is 0 Å². The van der Waals surface area contributed by atoms with E-state index >= 15 is 0 Å². The van der Waals surface area contributed by atoms with Crippen molar-refractivity contribution in [1.82, 2.24) is 5.32 Å². The van der Waals surface area contributed by atoms with Crippen LogP contribution >= 0.6 is 0 Å². The van der Waals surface area contributed by atoms with Crippen molar-refractivity contribution >= 4 is 12.1 Å². The van der Waals surface area contributed by atoms with Crippen molar-refractivity contribution in [2.24, 2.45) is 0 Å². The second-order valence-corrected chi connectivity index (χ2v) is 4.78. The zero-order valence-corrected chi connectivity index (χ0v) is 10.9. The van der Waals surface area contributed by atoms with E-state index in [1.54, 1.807) is 27.7 Å². The van der Waals surface area contributed by atoms with Gasteiger partial charge < -0.3 is 19.9 Å². The van der Waals surface area contributed by atoms with Crippen LogP contribution in [0.3, 0.4) is 0 Å². The van der Waals surface area contributed by atoms with Crippen LogP contribution in [0.15, 0.2) is 0 Å². The highest BCUT2D eigenvalue weighted by atomic mass is 16.6. The van der Waals surface area contributed by atoms with E-state index in [9.17, 15) is 14.7 Å². The Kier molecular flexibility index (Phi) is 5.95. The van der Waals surface area contributed by atoms with Crippen LogP contribution in [0, 0.1) is 0 Å². The standard InChI is InChI=1S/C11H21NO5/c1-7(8(13)6-9(14)16-5)12-10(15)17-11(2,3)4/h7-8,13H,6H2,1-5H3,(H,12,15)/t7-,8+/m0/s1. The molecule has 0 spiro atoms. The molecule has 0 rings (SSSR count). The summed E-state index contributed by atoms with van der Waals surface area (Å²) in [5.74, 6) is -0.532. The molecule has 0 aliphatic rings. The normalized spacial score (nSPS) is 14.7. The molecule has 0 saturated heterocycles. The summed E-state index contributed by atoms with van der Waals surface area (Å²) in [6.45, 7) is 6.80. The van der Waals surface area contributed by atoms with Gasteiger partial charge in [0, 0.05) is 0 Å². The van der Waals surface area contributed by atoms with Gasteiger partial charge in [-0.15, -0.1) is 0 Å². The van der Waals surface area contributed by atoms with Crippen molar-refractivity contribution in [3.63, 3.8) is 0 Å². The van der Waals surface area contributed by atoms with Crippen LogP contribution in [-0.4, -0.2) is 42.0 Å². The Morgan fingerprint density at radius 1 is 1.35 bits per heavy atom. The van der Waals surface area contributed by atoms with Gasteiger partial charge in [-0.25, -0.2) is 4.79 Å². The van der Waals surface area contributed by atoms with Gasteiger partial charge in [-0.05, 0) is 27.7 Å². The van der Waals surface area contributed by atoms with Crippen molar-refractivity contribution in [2.45, 2.75) is 51.9 Å². The number of esters is 1. The summed E-state index contributed by atoms with van der Waals surface area (Å²) in [7, 11) is 1.24. The molecule has 6 heteroatoms. The van der Waals surface area contributed by atoms with Gasteiger partial charge in [-0.1, -0.05) is 0 Å². The largest absolute Gasteiger partial charge is 0.469 e. The number of alkyl carbamates (subject to hydrolysis) is 1. The number of carbonyl (C=O) groups excluding carboxylic acids is 2. The minimum absolute atomic E-state index is 0.173. The molecule has 0 aliphatic carbocycles. The molecule has 1 amide bonds. The van der Waals surface area contributed by atoms with Crippen LogP contribution in [0.25, 0.3) is 0 Å². The summed E-state index contributed by atoms with van der Waals surface area (Å²) in [6.07, 6.45) is -1.81. The summed E-state index contributed by atoms with van der Waals surface area (Å²) in [5.41, 5.74) is -0.600. The number of hydrogen-bond acceptors (Lipinski definition) is 5. The molecular weight excluding hydrogens is 226 g/mol. The molecule has 6 nitrogen and oxygen atoms in total. The first-order chi connectivity index (χ1) is 7.65. The topological polar surface area (TPSA) is 84.9 Å². The average molecular weight is 247 g/mol. The monoisotopic (exact) mass is 247 g/mol. The Labute approximate surface area is 101 Å². The maximum absolute atomic E-state index is 11.4. The van der Waals surface area contributed by atoms with Crippen LogP contribution in [0.4, 0.5) is 4.79 Å². The van der Waals surface area contributed by atoms with E-state index in [0.717, 1.165) is 0 Å². The van der Waals surface area contributed by atoms with Crippen LogP contribution < -0.4 is 5.32 Å². The van der Waals surface area contributed by atoms with Crippen LogP contribution in [0.1, 0.15) is 34.1 Å². The van der Waals surface area contributed by atoms with E-state index in [-0.39, 0.29) is 6.42 Å². The molecule has 0 fully saturated rings. The number of methoxy groups -OCH3 is 1. The van der Waals surface area contributed by atoms with E-state index in [1.165, 1.54) is 7.11 Å². The molecule has 0 heterocycles. The molecule has 2 atom stereocenters. The number of rotatable bonds is 4. The summed E-state index contributed by atoms with van der Waals surface area (Å²) < 4.78 is 9.43. The molecule has 0 aromatic rings. The molecule has 100 valence electrons. The number of ether oxygens (including phenoxy) is 2. The highest BCUT2D eigenvalue weighted by Crippen LogP contribution is 2.08. The Morgan fingerprint density at radius 3 is 2.29 bits per heavy atom. The fourth-order valence-corrected chi connectivity index (χ4v) is 1.02. The second-order valence-electron chi connectivity index (χ2n) is 4.78. The Morgan fingerprint density at radius 2 is 1.88 bits per heavy atom. The van der Waals surface area contributed by atoms with E-state index in [1.807, 2.05) is 0 Å². The molecule has 17 heavy (non-hydrogen) atoms. The van der Waals surface area contributed by atoms with Gasteiger partial charge in [0.05, 0.1) is 25.7 Å². The Bertz CT molecular complexity index is 272. The zero-order chi connectivity index (χ0) is 13.6. The first-order valence-electron chi connectivity index (χ1n) is 5.40. The maximum atomic E-state index is 11.4. The lowest BCUT2D eigenvalue weighted by atomic mass is 10.1. The number of nitrogens with one attached hydrogen (secondary N) is 1. The van der Waals surface area contributed by atoms with E-state index in [4.69, 9.17) is 4.74 Å². The molecule has 2 N–H and O–H groups in total. The predicted octanol–water partition coefficient (Wildman–Crippen LogP) is 0.824. The van der Waals surface area contributed by atoms with E-state index in [2.05, 4.69) is 10.1 Å². The minimum Gasteiger partial charge on any atom is -0.469 e. The third-order valence-electron chi connectivity index (χ3n) is 1.93. The van der Waals surface area contributed by atoms with Gasteiger partial charge in [0.1, 0.15) is 5.60 Å². The van der Waals surface area contributed by atoms with E-state index < -0.39 is 29.8 Å². The highest BCUT2D eigenvalue weighted by molar-refractivity contribution is 5.70. The van der Waals surface area contributed by atoms with Gasteiger partial charge >= 0.3 is 12.1 Å². The molecule has 0 aliphatic heterocycles. The molecule has 0 aromatic carbocycles. The van der Waals surface area contributed by atoms with Gasteiger partial charge in [-0.2, -0.15) is 0 Å². The lowest BCUT2D eigenvalue weighted by molar-refractivity contribution is -0.143. The third-order valence-corrected chi connectivity index (χ3v) is 1.93. The van der Waals surface area contributed by atoms with Crippen molar-refractivity contribution < 1.29 is 24.2 Å². The fraction of sp³-hybridized carbons (Fsp3) is 0.818. The molecular formula is C11H21NO5. The quantitative estimate of drug-likeness (QED) is 0.718. The fourth-order valence-electron chi connectivity index (χ4n) is 1.02. The third kappa shape index (κ3) is 7.57. The summed E-state index contributed by atoms with van der Waals surface area (Å²) >= 11 is 0. The Balaban J connectivity index is 4.12. The number of hydrogen-bond donors (Lipinski definition) is 2. The van der Waals surface area contributed by atoms with Crippen molar-refractivity contribution in [1.29, 1.82) is 0 Å². The van der Waals surface area contributed by atoms with Crippen molar-refractivity contribution in [2.75, 3.05) is 7.11 Å². The molecule has 0 saturated carbocycles. The van der Waals surface area contributed by atoms with Crippen molar-refractivity contribution in [3.8, 4) is 0 Å². The second kappa shape index (κ2) is 6.44. The minimum atomic E-state index is -1.00. The maximum Gasteiger partial charge on any atom is 0.407 e. The average Bonchev–Trinajstić information content (AvgIpc) is 2.14. The predicted molar refractivity (Wildman–Crippen MR) is 61.5 cm³/mol. The smallest absolute Gasteiger partial charge is 0.407 e. The van der Waals surface area contributed by atoms with E-state index in [0.29, 0.717) is 0 Å². The van der Waals surface area contributed by atoms with Gasteiger partial charge in [0.15, 0.2) is 0 Å². The van der Waals surface area contributed by atoms with Gasteiger partial charge in [0.2, 0.25) is 0 Å². The van der Waals surface area contributed by atoms with Crippen molar-refractivity contribution in [3.05, 3.63) is 0 Å². The molecule has 0 unspecified atom stereocenters. The Hall–Kier alpha value is -1.30. The number of carbonyl (C=O) groups is 2. The highest BCUT2D eigenvalue weighted by Gasteiger charge is 2.23. The molecule has 0 radical (unpaired) electrons. The summed E-state index contributed by atoms with van der Waals surface area (Å²) in [5, 5.41) is 12.0. The SMILES string of the molecule is COC(=O)C[C@@H](O)[C@H](C)NC(=O)OC(C)(C)C. The van der Waals surface area contributed by atoms with Crippen LogP contribution in [-0.2, 0) is 14.3 Å². The summed E-state index contributed by atoms with van der Waals surface area (Å²) in [6, 6.07) is -0.594. The lowest BCUT2D eigenvalue weighted by Crippen LogP contribution is -2.44. The van der Waals surface area contributed by atoms with Crippen LogP contribution in [0.2, 0.25) is 0 Å². The number of aliphatic hydroxyl groups excluding tert-OH is 1. The molecule has 0 bridgehead atoms. The number of aliphatic hydroxyl groups is 1. The lowest BCUT2D eigenvalue weighted by Gasteiger charge is -2.23. The van der Waals surface area contributed by atoms with Crippen LogP contribution in [0.5, 0.6) is 0 Å². The number of amides is 1. The molecule has 0 aromatic heterocycles. The first-order valence-corrected chi connectivity index (χ1v) is 5.40. The van der Waals surface area contributed by atoms with Gasteiger partial charge in [-0.3, -0.25) is 4.79 Å². The zero-order valence-electron chi connectivity index (χ0n) is 10.9. The first kappa shape index (κ1) is 15.7. The summed E-state index contributed by atoms with van der Waals surface area (Å²) in [4.78, 5) is 22.3.